The zero-order valence-corrected chi connectivity index (χ0v) is 12.1. The summed E-state index contributed by atoms with van der Waals surface area (Å²) in [5.41, 5.74) is 0.957. The Labute approximate surface area is 121 Å². The average Bonchev–Trinajstić information content (AvgIpc) is 2.40. The van der Waals surface area contributed by atoms with Crippen LogP contribution in [0.2, 0.25) is 0 Å². The zero-order valence-electron chi connectivity index (χ0n) is 11.3. The minimum Gasteiger partial charge on any atom is -0.481 e. The number of aliphatic carboxylic acids is 1. The molecule has 6 heteroatoms. The average molecular weight is 299 g/mol. The highest BCUT2D eigenvalue weighted by atomic mass is 32.2. The molecule has 0 bridgehead atoms. The third-order valence-corrected chi connectivity index (χ3v) is 3.87. The monoisotopic (exact) mass is 299 g/mol. The lowest BCUT2D eigenvalue weighted by Crippen LogP contribution is -2.27. The second kappa shape index (κ2) is 8.58. The van der Waals surface area contributed by atoms with E-state index in [0.29, 0.717) is 18.7 Å². The summed E-state index contributed by atoms with van der Waals surface area (Å²) in [6, 6.07) is 6.15. The second-order valence-electron chi connectivity index (χ2n) is 4.48. The number of hydrogen-bond acceptors (Lipinski definition) is 3. The van der Waals surface area contributed by atoms with E-state index in [1.165, 1.54) is 23.9 Å². The molecule has 1 atom stereocenters. The number of hydrogen-bond donors (Lipinski definition) is 2. The minimum atomic E-state index is -0.853. The van der Waals surface area contributed by atoms with Crippen LogP contribution in [0.5, 0.6) is 0 Å². The third-order valence-electron chi connectivity index (χ3n) is 2.67. The lowest BCUT2D eigenvalue weighted by atomic mass is 10.1. The Bertz CT molecular complexity index is 450. The van der Waals surface area contributed by atoms with Crippen molar-refractivity contribution in [1.82, 2.24) is 5.32 Å². The molecule has 1 aromatic rings. The Hall–Kier alpha value is -1.56. The first-order valence-corrected chi connectivity index (χ1v) is 7.46. The van der Waals surface area contributed by atoms with E-state index < -0.39 is 11.9 Å². The molecule has 110 valence electrons. The van der Waals surface area contributed by atoms with Crippen LogP contribution < -0.4 is 5.32 Å². The van der Waals surface area contributed by atoms with Gasteiger partial charge in [0.05, 0.1) is 11.7 Å². The van der Waals surface area contributed by atoms with Gasteiger partial charge in [0.2, 0.25) is 5.91 Å². The van der Waals surface area contributed by atoms with Crippen LogP contribution in [0.4, 0.5) is 4.39 Å². The number of nitrogens with one attached hydrogen (secondary N) is 1. The lowest BCUT2D eigenvalue weighted by Gasteiger charge is -2.07. The predicted molar refractivity (Wildman–Crippen MR) is 77.2 cm³/mol. The highest BCUT2D eigenvalue weighted by Crippen LogP contribution is 2.08. The van der Waals surface area contributed by atoms with Gasteiger partial charge in [0.25, 0.3) is 0 Å². The van der Waals surface area contributed by atoms with E-state index in [1.54, 1.807) is 19.1 Å². The summed E-state index contributed by atoms with van der Waals surface area (Å²) in [4.78, 5) is 22.1. The van der Waals surface area contributed by atoms with E-state index in [1.807, 2.05) is 0 Å². The van der Waals surface area contributed by atoms with Gasteiger partial charge in [-0.3, -0.25) is 9.59 Å². The number of carbonyl (C=O) groups excluding carboxylic acids is 1. The number of carboxylic acids is 1. The van der Waals surface area contributed by atoms with E-state index in [2.05, 4.69) is 5.32 Å². The fourth-order valence-corrected chi connectivity index (χ4v) is 2.35. The summed E-state index contributed by atoms with van der Waals surface area (Å²) >= 11 is 1.30. The van der Waals surface area contributed by atoms with Gasteiger partial charge in [-0.05, 0) is 24.1 Å². The molecule has 2 N–H and O–H groups in total. The van der Waals surface area contributed by atoms with Gasteiger partial charge < -0.3 is 10.4 Å². The van der Waals surface area contributed by atoms with Gasteiger partial charge >= 0.3 is 5.97 Å². The van der Waals surface area contributed by atoms with Gasteiger partial charge in [0.15, 0.2) is 0 Å². The van der Waals surface area contributed by atoms with Crippen LogP contribution in [0.3, 0.4) is 0 Å². The maximum Gasteiger partial charge on any atom is 0.307 e. The number of thioether (sulfide) groups is 1. The Kier molecular flexibility index (Phi) is 7.08. The zero-order chi connectivity index (χ0) is 15.0. The SMILES string of the molecule is CC(CSCC(=O)NCCc1ccc(F)cc1)C(=O)O. The van der Waals surface area contributed by atoms with E-state index in [9.17, 15) is 14.0 Å². The van der Waals surface area contributed by atoms with Crippen LogP contribution in [-0.2, 0) is 16.0 Å². The van der Waals surface area contributed by atoms with Crippen molar-refractivity contribution in [2.75, 3.05) is 18.1 Å². The molecule has 1 rings (SSSR count). The Morgan fingerprint density at radius 3 is 2.60 bits per heavy atom. The molecule has 0 heterocycles. The minimum absolute atomic E-state index is 0.116. The molecule has 4 nitrogen and oxygen atoms in total. The van der Waals surface area contributed by atoms with Gasteiger partial charge in [0, 0.05) is 12.3 Å². The van der Waals surface area contributed by atoms with Crippen LogP contribution >= 0.6 is 11.8 Å². The quantitative estimate of drug-likeness (QED) is 0.770. The maximum atomic E-state index is 12.7. The van der Waals surface area contributed by atoms with Gasteiger partial charge in [-0.1, -0.05) is 19.1 Å². The van der Waals surface area contributed by atoms with Crippen LogP contribution in [0.1, 0.15) is 12.5 Å². The molecular formula is C14H18FNO3S. The number of carboxylic acid groups (broad SMARTS) is 1. The molecule has 0 aliphatic heterocycles. The van der Waals surface area contributed by atoms with Gasteiger partial charge in [-0.2, -0.15) is 11.8 Å². The normalized spacial score (nSPS) is 11.9. The fourth-order valence-electron chi connectivity index (χ4n) is 1.45. The molecule has 1 unspecified atom stereocenters. The van der Waals surface area contributed by atoms with Crippen molar-refractivity contribution in [2.24, 2.45) is 5.92 Å². The summed E-state index contributed by atoms with van der Waals surface area (Å²) in [6.45, 7) is 2.10. The first kappa shape index (κ1) is 16.5. The highest BCUT2D eigenvalue weighted by Gasteiger charge is 2.11. The predicted octanol–water partition coefficient (Wildman–Crippen LogP) is 1.94. The topological polar surface area (TPSA) is 66.4 Å². The molecule has 0 saturated heterocycles. The molecule has 0 radical (unpaired) electrons. The van der Waals surface area contributed by atoms with Crippen molar-refractivity contribution < 1.29 is 19.1 Å². The van der Waals surface area contributed by atoms with Gasteiger partial charge in [0.1, 0.15) is 5.82 Å². The molecule has 20 heavy (non-hydrogen) atoms. The van der Waals surface area contributed by atoms with Crippen LogP contribution in [0, 0.1) is 11.7 Å². The Balaban J connectivity index is 2.14. The van der Waals surface area contributed by atoms with Crippen molar-refractivity contribution >= 4 is 23.6 Å². The number of carbonyl (C=O) groups is 2. The maximum absolute atomic E-state index is 12.7. The number of benzene rings is 1. The van der Waals surface area contributed by atoms with E-state index in [0.717, 1.165) is 5.56 Å². The molecule has 0 fully saturated rings. The molecule has 0 aliphatic carbocycles. The molecule has 0 aromatic heterocycles. The van der Waals surface area contributed by atoms with Gasteiger partial charge in [-0.15, -0.1) is 0 Å². The van der Waals surface area contributed by atoms with Crippen molar-refractivity contribution in [3.8, 4) is 0 Å². The first-order chi connectivity index (χ1) is 9.49. The van der Waals surface area contributed by atoms with Crippen molar-refractivity contribution in [3.63, 3.8) is 0 Å². The second-order valence-corrected chi connectivity index (χ2v) is 5.51. The van der Waals surface area contributed by atoms with Crippen LogP contribution in [0.15, 0.2) is 24.3 Å². The lowest BCUT2D eigenvalue weighted by molar-refractivity contribution is -0.140. The summed E-state index contributed by atoms with van der Waals surface area (Å²) in [6.07, 6.45) is 0.641. The van der Waals surface area contributed by atoms with E-state index in [-0.39, 0.29) is 17.5 Å². The molecular weight excluding hydrogens is 281 g/mol. The summed E-state index contributed by atoms with van der Waals surface area (Å²) in [5.74, 6) is -1.03. The third kappa shape index (κ3) is 6.56. The standard InChI is InChI=1S/C14H18FNO3S/c1-10(14(18)19)8-20-9-13(17)16-7-6-11-2-4-12(15)5-3-11/h2-5,10H,6-9H2,1H3,(H,16,17)(H,18,19). The van der Waals surface area contributed by atoms with Crippen molar-refractivity contribution in [3.05, 3.63) is 35.6 Å². The largest absolute Gasteiger partial charge is 0.481 e. The first-order valence-electron chi connectivity index (χ1n) is 6.30. The molecule has 0 spiro atoms. The van der Waals surface area contributed by atoms with Gasteiger partial charge in [-0.25, -0.2) is 4.39 Å². The molecule has 0 aliphatic rings. The number of halogens is 1. The summed E-state index contributed by atoms with van der Waals surface area (Å²) in [5, 5.41) is 11.4. The summed E-state index contributed by atoms with van der Waals surface area (Å²) in [7, 11) is 0. The molecule has 0 saturated carbocycles. The Morgan fingerprint density at radius 1 is 1.35 bits per heavy atom. The smallest absolute Gasteiger partial charge is 0.307 e. The summed E-state index contributed by atoms with van der Waals surface area (Å²) < 4.78 is 12.7. The number of rotatable bonds is 8. The van der Waals surface area contributed by atoms with Crippen LogP contribution in [-0.4, -0.2) is 35.0 Å². The molecule has 1 aromatic carbocycles. The number of amides is 1. The highest BCUT2D eigenvalue weighted by molar-refractivity contribution is 7.99. The van der Waals surface area contributed by atoms with E-state index in [4.69, 9.17) is 5.11 Å². The Morgan fingerprint density at radius 2 is 2.00 bits per heavy atom. The molecule has 1 amide bonds. The van der Waals surface area contributed by atoms with E-state index >= 15 is 0 Å². The van der Waals surface area contributed by atoms with Crippen molar-refractivity contribution in [2.45, 2.75) is 13.3 Å². The fraction of sp³-hybridized carbons (Fsp3) is 0.429. The van der Waals surface area contributed by atoms with Crippen molar-refractivity contribution in [1.29, 1.82) is 0 Å². The van der Waals surface area contributed by atoms with Crippen LogP contribution in [0.25, 0.3) is 0 Å².